The van der Waals surface area contributed by atoms with Crippen molar-refractivity contribution in [3.8, 4) is 0 Å². The topological polar surface area (TPSA) is 71.2 Å². The Balaban J connectivity index is 2.35. The number of carbonyl (C=O) groups excluding carboxylic acids is 1. The van der Waals surface area contributed by atoms with Crippen LogP contribution >= 0.6 is 0 Å². The van der Waals surface area contributed by atoms with E-state index in [1.165, 1.54) is 5.56 Å². The van der Waals surface area contributed by atoms with Gasteiger partial charge in [-0.3, -0.25) is 9.78 Å². The molecule has 0 aromatic carbocycles. The molecular weight excluding hydrogens is 240 g/mol. The summed E-state index contributed by atoms with van der Waals surface area (Å²) in [6.45, 7) is 3.61. The lowest BCUT2D eigenvalue weighted by atomic mass is 9.97. The molecule has 5 nitrogen and oxygen atoms in total. The van der Waals surface area contributed by atoms with E-state index >= 15 is 0 Å². The van der Waals surface area contributed by atoms with Gasteiger partial charge >= 0.3 is 0 Å². The molecule has 5 heteroatoms. The summed E-state index contributed by atoms with van der Waals surface area (Å²) >= 11 is 0. The van der Waals surface area contributed by atoms with Crippen LogP contribution in [0.5, 0.6) is 0 Å². The molecule has 0 bridgehead atoms. The van der Waals surface area contributed by atoms with Crippen LogP contribution in [-0.2, 0) is 11.2 Å². The monoisotopic (exact) mass is 264 g/mol. The number of nitrogens with zero attached hydrogens (tertiary/aromatic N) is 2. The van der Waals surface area contributed by atoms with E-state index in [1.807, 2.05) is 19.1 Å². The lowest BCUT2D eigenvalue weighted by molar-refractivity contribution is -0.124. The highest BCUT2D eigenvalue weighted by molar-refractivity contribution is 5.84. The predicted molar refractivity (Wildman–Crippen MR) is 76.7 cm³/mol. The Morgan fingerprint density at radius 1 is 1.42 bits per heavy atom. The number of hydrogen-bond donors (Lipinski definition) is 2. The molecule has 1 rings (SSSR count). The molecule has 0 saturated carbocycles. The van der Waals surface area contributed by atoms with Crippen LogP contribution in [0.15, 0.2) is 24.5 Å². The van der Waals surface area contributed by atoms with Crippen LogP contribution in [0, 0.1) is 0 Å². The fraction of sp³-hybridized carbons (Fsp3) is 0.571. The number of pyridine rings is 1. The molecule has 0 radical (unpaired) electrons. The van der Waals surface area contributed by atoms with Crippen molar-refractivity contribution in [1.82, 2.24) is 15.2 Å². The van der Waals surface area contributed by atoms with E-state index in [9.17, 15) is 4.79 Å². The van der Waals surface area contributed by atoms with Crippen molar-refractivity contribution in [1.29, 1.82) is 0 Å². The molecule has 0 spiro atoms. The fourth-order valence-electron chi connectivity index (χ4n) is 1.77. The minimum absolute atomic E-state index is 0.308. The highest BCUT2D eigenvalue weighted by Gasteiger charge is 2.28. The van der Waals surface area contributed by atoms with E-state index in [1.54, 1.807) is 19.4 Å². The minimum atomic E-state index is -0.634. The molecule has 1 aromatic rings. The summed E-state index contributed by atoms with van der Waals surface area (Å²) in [6.07, 6.45) is 5.29. The largest absolute Gasteiger partial charge is 0.368 e. The van der Waals surface area contributed by atoms with Crippen LogP contribution in [-0.4, -0.2) is 48.5 Å². The third-order valence-corrected chi connectivity index (χ3v) is 3.62. The zero-order valence-corrected chi connectivity index (χ0v) is 12.0. The zero-order chi connectivity index (χ0) is 14.3. The third kappa shape index (κ3) is 4.96. The summed E-state index contributed by atoms with van der Waals surface area (Å²) in [6, 6.07) is 4.05. The number of aromatic nitrogens is 1. The lowest BCUT2D eigenvalue weighted by Crippen LogP contribution is -2.53. The average Bonchev–Trinajstić information content (AvgIpc) is 2.43. The Hall–Kier alpha value is -1.46. The smallest absolute Gasteiger partial charge is 0.237 e. The summed E-state index contributed by atoms with van der Waals surface area (Å²) in [5, 5.41) is 3.00. The number of nitrogens with one attached hydrogen (secondary N) is 1. The highest BCUT2D eigenvalue weighted by atomic mass is 16.1. The Labute approximate surface area is 115 Å². The van der Waals surface area contributed by atoms with E-state index in [4.69, 9.17) is 5.73 Å². The highest BCUT2D eigenvalue weighted by Crippen LogP contribution is 2.09. The number of carbonyl (C=O) groups is 1. The molecule has 0 aliphatic heterocycles. The second-order valence-corrected chi connectivity index (χ2v) is 5.11. The number of nitrogens with two attached hydrogens (primary N) is 1. The summed E-state index contributed by atoms with van der Waals surface area (Å²) in [4.78, 5) is 17.6. The Bertz CT molecular complexity index is 396. The van der Waals surface area contributed by atoms with Crippen LogP contribution in [0.4, 0.5) is 0 Å². The average molecular weight is 264 g/mol. The van der Waals surface area contributed by atoms with Crippen molar-refractivity contribution in [3.63, 3.8) is 0 Å². The molecule has 0 aliphatic carbocycles. The Morgan fingerprint density at radius 3 is 2.58 bits per heavy atom. The molecule has 0 aliphatic rings. The molecule has 106 valence electrons. The molecule has 0 fully saturated rings. The summed E-state index contributed by atoms with van der Waals surface area (Å²) in [5.74, 6) is -0.308. The standard InChI is InChI=1S/C14H24N4O/c1-14(16-2,13(15)19)7-11-18(3)10-6-12-4-8-17-9-5-12/h4-5,8-9,16H,6-7,10-11H2,1-3H3,(H2,15,19). The SMILES string of the molecule is CNC(C)(CCN(C)CCc1ccncc1)C(N)=O. The van der Waals surface area contributed by atoms with E-state index in [-0.39, 0.29) is 5.91 Å². The van der Waals surface area contributed by atoms with Gasteiger partial charge in [-0.15, -0.1) is 0 Å². The van der Waals surface area contributed by atoms with Gasteiger partial charge in [-0.25, -0.2) is 0 Å². The van der Waals surface area contributed by atoms with Gasteiger partial charge in [0.2, 0.25) is 5.91 Å². The quantitative estimate of drug-likeness (QED) is 0.713. The molecule has 3 N–H and O–H groups in total. The first-order valence-electron chi connectivity index (χ1n) is 6.54. The van der Waals surface area contributed by atoms with Crippen molar-refractivity contribution in [2.24, 2.45) is 5.73 Å². The number of rotatable bonds is 8. The normalized spacial score (nSPS) is 14.3. The van der Waals surface area contributed by atoms with E-state index in [0.29, 0.717) is 6.42 Å². The molecule has 1 aromatic heterocycles. The molecule has 1 atom stereocenters. The van der Waals surface area contributed by atoms with Crippen molar-refractivity contribution < 1.29 is 4.79 Å². The van der Waals surface area contributed by atoms with Crippen molar-refractivity contribution >= 4 is 5.91 Å². The van der Waals surface area contributed by atoms with Gasteiger partial charge in [0.15, 0.2) is 0 Å². The van der Waals surface area contributed by atoms with Gasteiger partial charge in [-0.2, -0.15) is 0 Å². The number of amides is 1. The van der Waals surface area contributed by atoms with Gasteiger partial charge in [0.1, 0.15) is 0 Å². The van der Waals surface area contributed by atoms with Gasteiger partial charge < -0.3 is 16.0 Å². The maximum absolute atomic E-state index is 11.4. The van der Waals surface area contributed by atoms with E-state index in [0.717, 1.165) is 19.5 Å². The second kappa shape index (κ2) is 7.21. The minimum Gasteiger partial charge on any atom is -0.368 e. The van der Waals surface area contributed by atoms with Crippen LogP contribution in [0.3, 0.4) is 0 Å². The summed E-state index contributed by atoms with van der Waals surface area (Å²) < 4.78 is 0. The van der Waals surface area contributed by atoms with E-state index in [2.05, 4.69) is 22.2 Å². The maximum atomic E-state index is 11.4. The van der Waals surface area contributed by atoms with Crippen molar-refractivity contribution in [2.45, 2.75) is 25.3 Å². The summed E-state index contributed by atoms with van der Waals surface area (Å²) in [5.41, 5.74) is 6.04. The van der Waals surface area contributed by atoms with Crippen molar-refractivity contribution in [3.05, 3.63) is 30.1 Å². The van der Waals surface area contributed by atoms with Crippen LogP contribution in [0.1, 0.15) is 18.9 Å². The predicted octanol–water partition coefficient (Wildman–Crippen LogP) is 0.409. The third-order valence-electron chi connectivity index (χ3n) is 3.62. The molecule has 0 saturated heterocycles. The first-order valence-corrected chi connectivity index (χ1v) is 6.54. The van der Waals surface area contributed by atoms with Gasteiger partial charge in [-0.1, -0.05) is 0 Å². The number of primary amides is 1. The van der Waals surface area contributed by atoms with E-state index < -0.39 is 5.54 Å². The number of hydrogen-bond acceptors (Lipinski definition) is 4. The molecule has 1 unspecified atom stereocenters. The number of likely N-dealkylation sites (N-methyl/N-ethyl adjacent to an activating group) is 2. The Morgan fingerprint density at radius 2 is 2.05 bits per heavy atom. The van der Waals surface area contributed by atoms with Crippen LogP contribution in [0.25, 0.3) is 0 Å². The van der Waals surface area contributed by atoms with Crippen molar-refractivity contribution in [2.75, 3.05) is 27.2 Å². The molecule has 1 heterocycles. The summed E-state index contributed by atoms with van der Waals surface area (Å²) in [7, 11) is 3.82. The Kier molecular flexibility index (Phi) is 5.92. The molecule has 1 amide bonds. The first-order chi connectivity index (χ1) is 8.98. The first kappa shape index (κ1) is 15.6. The van der Waals surface area contributed by atoms with Gasteiger partial charge in [-0.05, 0) is 51.6 Å². The van der Waals surface area contributed by atoms with Gasteiger partial charge in [0, 0.05) is 25.5 Å². The zero-order valence-electron chi connectivity index (χ0n) is 12.0. The van der Waals surface area contributed by atoms with Gasteiger partial charge in [0.05, 0.1) is 5.54 Å². The molecule has 19 heavy (non-hydrogen) atoms. The lowest BCUT2D eigenvalue weighted by Gasteiger charge is -2.28. The second-order valence-electron chi connectivity index (χ2n) is 5.11. The van der Waals surface area contributed by atoms with Gasteiger partial charge in [0.25, 0.3) is 0 Å². The fourth-order valence-corrected chi connectivity index (χ4v) is 1.77. The maximum Gasteiger partial charge on any atom is 0.237 e. The molecular formula is C14H24N4O. The van der Waals surface area contributed by atoms with Crippen LogP contribution < -0.4 is 11.1 Å². The van der Waals surface area contributed by atoms with Crippen LogP contribution in [0.2, 0.25) is 0 Å².